The standard InChI is InChI=1S/C12H23N3OS/c1-10(17)14-6-8-15(9-7-14)12(16)11-2-4-13-5-3-11/h10-11,13,17H,2-9H2,1H3. The first-order valence-corrected chi connectivity index (χ1v) is 7.12. The van der Waals surface area contributed by atoms with Crippen LogP contribution in [0.2, 0.25) is 0 Å². The number of piperazine rings is 1. The minimum absolute atomic E-state index is 0.260. The molecular formula is C12H23N3OS. The fourth-order valence-corrected chi connectivity index (χ4v) is 2.87. The van der Waals surface area contributed by atoms with Gasteiger partial charge in [-0.15, -0.1) is 0 Å². The van der Waals surface area contributed by atoms with Gasteiger partial charge in [0, 0.05) is 32.1 Å². The Morgan fingerprint density at radius 2 is 1.82 bits per heavy atom. The molecule has 2 rings (SSSR count). The number of carbonyl (C=O) groups is 1. The second kappa shape index (κ2) is 6.07. The van der Waals surface area contributed by atoms with Crippen molar-refractivity contribution in [2.75, 3.05) is 39.3 Å². The SMILES string of the molecule is CC(S)N1CCN(C(=O)C2CCNCC2)CC1. The van der Waals surface area contributed by atoms with Crippen LogP contribution >= 0.6 is 12.6 Å². The normalized spacial score (nSPS) is 25.9. The first-order valence-electron chi connectivity index (χ1n) is 6.60. The van der Waals surface area contributed by atoms with Gasteiger partial charge >= 0.3 is 0 Å². The number of hydrogen-bond acceptors (Lipinski definition) is 4. The first kappa shape index (κ1) is 13.2. The highest BCUT2D eigenvalue weighted by atomic mass is 32.1. The number of thiol groups is 1. The van der Waals surface area contributed by atoms with E-state index >= 15 is 0 Å². The summed E-state index contributed by atoms with van der Waals surface area (Å²) in [5, 5.41) is 3.60. The highest BCUT2D eigenvalue weighted by Gasteiger charge is 2.28. The fraction of sp³-hybridized carbons (Fsp3) is 0.917. The van der Waals surface area contributed by atoms with Gasteiger partial charge in [0.05, 0.1) is 5.37 Å². The van der Waals surface area contributed by atoms with Gasteiger partial charge in [0.25, 0.3) is 0 Å². The zero-order chi connectivity index (χ0) is 12.3. The summed E-state index contributed by atoms with van der Waals surface area (Å²) in [7, 11) is 0. The van der Waals surface area contributed by atoms with Gasteiger partial charge in [-0.25, -0.2) is 0 Å². The second-order valence-electron chi connectivity index (χ2n) is 5.02. The number of amides is 1. The molecule has 1 N–H and O–H groups in total. The van der Waals surface area contributed by atoms with Crippen LogP contribution in [-0.2, 0) is 4.79 Å². The zero-order valence-electron chi connectivity index (χ0n) is 10.6. The van der Waals surface area contributed by atoms with Gasteiger partial charge in [-0.1, -0.05) is 0 Å². The summed E-state index contributed by atoms with van der Waals surface area (Å²) in [5.74, 6) is 0.634. The van der Waals surface area contributed by atoms with Gasteiger partial charge in [-0.05, 0) is 32.9 Å². The Morgan fingerprint density at radius 3 is 2.35 bits per heavy atom. The summed E-state index contributed by atoms with van der Waals surface area (Å²) >= 11 is 4.44. The van der Waals surface area contributed by atoms with Crippen molar-refractivity contribution >= 4 is 18.5 Å². The summed E-state index contributed by atoms with van der Waals surface area (Å²) in [4.78, 5) is 16.6. The van der Waals surface area contributed by atoms with Crippen LogP contribution in [0.3, 0.4) is 0 Å². The van der Waals surface area contributed by atoms with Gasteiger partial charge in [-0.3, -0.25) is 9.69 Å². The lowest BCUT2D eigenvalue weighted by Gasteiger charge is -2.38. The quantitative estimate of drug-likeness (QED) is 0.703. The Hall–Kier alpha value is -0.260. The monoisotopic (exact) mass is 257 g/mol. The highest BCUT2D eigenvalue weighted by Crippen LogP contribution is 2.17. The first-order chi connectivity index (χ1) is 8.18. The maximum absolute atomic E-state index is 12.3. The Labute approximate surface area is 109 Å². The second-order valence-corrected chi connectivity index (χ2v) is 5.76. The molecule has 2 fully saturated rings. The summed E-state index contributed by atoms with van der Waals surface area (Å²) in [6.45, 7) is 7.73. The van der Waals surface area contributed by atoms with Crippen LogP contribution < -0.4 is 5.32 Å². The average Bonchev–Trinajstić information content (AvgIpc) is 2.39. The molecule has 0 spiro atoms. The number of nitrogens with one attached hydrogen (secondary N) is 1. The number of nitrogens with zero attached hydrogens (tertiary/aromatic N) is 2. The van der Waals surface area contributed by atoms with Gasteiger partial charge in [0.15, 0.2) is 0 Å². The lowest BCUT2D eigenvalue weighted by Crippen LogP contribution is -2.52. The molecule has 1 amide bonds. The molecule has 0 saturated carbocycles. The molecule has 0 aromatic carbocycles. The van der Waals surface area contributed by atoms with Crippen molar-refractivity contribution in [1.82, 2.24) is 15.1 Å². The minimum atomic E-state index is 0.260. The molecule has 1 unspecified atom stereocenters. The van der Waals surface area contributed by atoms with Gasteiger partial charge in [-0.2, -0.15) is 12.6 Å². The summed E-state index contributed by atoms with van der Waals surface area (Å²) in [6.07, 6.45) is 2.00. The molecule has 0 radical (unpaired) electrons. The van der Waals surface area contributed by atoms with Crippen molar-refractivity contribution in [3.8, 4) is 0 Å². The molecule has 2 saturated heterocycles. The Kier molecular flexibility index (Phi) is 4.70. The molecule has 0 aromatic heterocycles. The number of piperidine rings is 1. The fourth-order valence-electron chi connectivity index (χ4n) is 2.64. The van der Waals surface area contributed by atoms with E-state index in [4.69, 9.17) is 0 Å². The third-order valence-corrected chi connectivity index (χ3v) is 4.17. The van der Waals surface area contributed by atoms with Crippen LogP contribution in [-0.4, -0.2) is 60.3 Å². The van der Waals surface area contributed by atoms with Crippen molar-refractivity contribution in [2.24, 2.45) is 5.92 Å². The van der Waals surface area contributed by atoms with E-state index in [0.717, 1.165) is 52.1 Å². The summed E-state index contributed by atoms with van der Waals surface area (Å²) in [6, 6.07) is 0. The topological polar surface area (TPSA) is 35.6 Å². The Morgan fingerprint density at radius 1 is 1.24 bits per heavy atom. The molecule has 4 nitrogen and oxygen atoms in total. The van der Waals surface area contributed by atoms with Crippen molar-refractivity contribution in [1.29, 1.82) is 0 Å². The van der Waals surface area contributed by atoms with Crippen molar-refractivity contribution in [3.05, 3.63) is 0 Å². The van der Waals surface area contributed by atoms with Crippen LogP contribution in [0.4, 0.5) is 0 Å². The molecule has 2 aliphatic heterocycles. The van der Waals surface area contributed by atoms with E-state index in [1.807, 2.05) is 4.90 Å². The van der Waals surface area contributed by atoms with Crippen LogP contribution in [0.5, 0.6) is 0 Å². The molecule has 2 heterocycles. The van der Waals surface area contributed by atoms with E-state index in [0.29, 0.717) is 11.3 Å². The average molecular weight is 257 g/mol. The van der Waals surface area contributed by atoms with Gasteiger partial charge < -0.3 is 10.2 Å². The minimum Gasteiger partial charge on any atom is -0.340 e. The van der Waals surface area contributed by atoms with Crippen LogP contribution in [0, 0.1) is 5.92 Å². The Bertz CT molecular complexity index is 258. The van der Waals surface area contributed by atoms with Crippen LogP contribution in [0.15, 0.2) is 0 Å². The maximum atomic E-state index is 12.3. The van der Waals surface area contributed by atoms with E-state index in [-0.39, 0.29) is 5.92 Å². The molecule has 0 bridgehead atoms. The van der Waals surface area contributed by atoms with E-state index in [1.54, 1.807) is 0 Å². The van der Waals surface area contributed by atoms with E-state index in [1.165, 1.54) is 0 Å². The molecular weight excluding hydrogens is 234 g/mol. The third kappa shape index (κ3) is 3.36. The van der Waals surface area contributed by atoms with E-state index < -0.39 is 0 Å². The third-order valence-electron chi connectivity index (χ3n) is 3.84. The molecule has 5 heteroatoms. The lowest BCUT2D eigenvalue weighted by molar-refractivity contribution is -0.138. The van der Waals surface area contributed by atoms with E-state index in [2.05, 4.69) is 29.8 Å². The van der Waals surface area contributed by atoms with Crippen LogP contribution in [0.1, 0.15) is 19.8 Å². The van der Waals surface area contributed by atoms with Gasteiger partial charge in [0.1, 0.15) is 0 Å². The molecule has 98 valence electrons. The van der Waals surface area contributed by atoms with Crippen molar-refractivity contribution < 1.29 is 4.79 Å². The number of hydrogen-bond donors (Lipinski definition) is 2. The van der Waals surface area contributed by atoms with E-state index in [9.17, 15) is 4.79 Å². The smallest absolute Gasteiger partial charge is 0.225 e. The van der Waals surface area contributed by atoms with Crippen LogP contribution in [0.25, 0.3) is 0 Å². The zero-order valence-corrected chi connectivity index (χ0v) is 11.5. The van der Waals surface area contributed by atoms with Crippen molar-refractivity contribution in [2.45, 2.75) is 25.1 Å². The Balaban J connectivity index is 1.81. The molecule has 1 atom stereocenters. The molecule has 2 aliphatic rings. The number of rotatable bonds is 2. The maximum Gasteiger partial charge on any atom is 0.225 e. The van der Waals surface area contributed by atoms with Gasteiger partial charge in [0.2, 0.25) is 5.91 Å². The number of carbonyl (C=O) groups excluding carboxylic acids is 1. The highest BCUT2D eigenvalue weighted by molar-refractivity contribution is 7.80. The summed E-state index contributed by atoms with van der Waals surface area (Å²) < 4.78 is 0. The summed E-state index contributed by atoms with van der Waals surface area (Å²) in [5.41, 5.74) is 0. The molecule has 0 aliphatic carbocycles. The predicted octanol–water partition coefficient (Wildman–Crippen LogP) is 0.406. The predicted molar refractivity (Wildman–Crippen MR) is 72.2 cm³/mol. The lowest BCUT2D eigenvalue weighted by atomic mass is 9.96. The molecule has 0 aromatic rings. The molecule has 17 heavy (non-hydrogen) atoms. The largest absolute Gasteiger partial charge is 0.340 e. The van der Waals surface area contributed by atoms with Crippen molar-refractivity contribution in [3.63, 3.8) is 0 Å².